The highest BCUT2D eigenvalue weighted by molar-refractivity contribution is 9.11. The van der Waals surface area contributed by atoms with E-state index in [1.807, 2.05) is 17.5 Å². The minimum absolute atomic E-state index is 0.481. The zero-order valence-corrected chi connectivity index (χ0v) is 8.50. The Morgan fingerprint density at radius 2 is 2.55 bits per heavy atom. The molecule has 0 saturated carbocycles. The summed E-state index contributed by atoms with van der Waals surface area (Å²) < 4.78 is 1.01. The average Bonchev–Trinajstić information content (AvgIpc) is 2.36. The second kappa shape index (κ2) is 3.91. The fourth-order valence-corrected chi connectivity index (χ4v) is 1.95. The fraction of sp³-hybridized carbons (Fsp3) is 0. The Kier molecular flexibility index (Phi) is 3.13. The van der Waals surface area contributed by atoms with Crippen LogP contribution in [0.25, 0.3) is 5.03 Å². The lowest BCUT2D eigenvalue weighted by Crippen LogP contribution is -1.66. The maximum absolute atomic E-state index is 8.29. The summed E-state index contributed by atoms with van der Waals surface area (Å²) in [7, 11) is 0. The number of hydrogen-bond acceptors (Lipinski definition) is 2. The molecule has 0 radical (unpaired) electrons. The van der Waals surface area contributed by atoms with Crippen molar-refractivity contribution in [2.45, 2.75) is 0 Å². The van der Waals surface area contributed by atoms with Crippen molar-refractivity contribution in [3.63, 3.8) is 0 Å². The van der Waals surface area contributed by atoms with E-state index in [-0.39, 0.29) is 0 Å². The van der Waals surface area contributed by atoms with E-state index in [4.69, 9.17) is 16.9 Å². The molecule has 0 saturated heterocycles. The number of nitrogens with zero attached hydrogens (tertiary/aromatic N) is 1. The molecule has 0 aliphatic carbocycles. The standard InChI is InChI=1S/C7H3BrClNS/c8-7-3-5(4-11-7)6(9)1-2-10/h1,3-4H. The van der Waals surface area contributed by atoms with Crippen LogP contribution in [0.3, 0.4) is 0 Å². The topological polar surface area (TPSA) is 23.8 Å². The third-order valence-electron chi connectivity index (χ3n) is 1.03. The summed E-state index contributed by atoms with van der Waals surface area (Å²) in [5, 5.41) is 10.7. The highest BCUT2D eigenvalue weighted by atomic mass is 79.9. The van der Waals surface area contributed by atoms with E-state index in [1.54, 1.807) is 11.3 Å². The number of nitriles is 1. The van der Waals surface area contributed by atoms with Crippen LogP contribution in [0.4, 0.5) is 0 Å². The normalized spacial score (nSPS) is 11.2. The average molecular weight is 249 g/mol. The van der Waals surface area contributed by atoms with E-state index in [1.165, 1.54) is 6.08 Å². The van der Waals surface area contributed by atoms with Crippen molar-refractivity contribution in [1.29, 1.82) is 5.26 Å². The molecule has 56 valence electrons. The predicted octanol–water partition coefficient (Wildman–Crippen LogP) is 3.61. The highest BCUT2D eigenvalue weighted by Crippen LogP contribution is 2.27. The summed E-state index contributed by atoms with van der Waals surface area (Å²) >= 11 is 10.6. The quantitative estimate of drug-likeness (QED) is 0.697. The van der Waals surface area contributed by atoms with Gasteiger partial charge in [-0.3, -0.25) is 0 Å². The molecule has 4 heteroatoms. The Bertz CT molecular complexity index is 323. The molecule has 1 nitrogen and oxygen atoms in total. The molecule has 11 heavy (non-hydrogen) atoms. The molecule has 0 aliphatic heterocycles. The Morgan fingerprint density at radius 1 is 1.82 bits per heavy atom. The molecule has 0 N–H and O–H groups in total. The lowest BCUT2D eigenvalue weighted by Gasteiger charge is -1.86. The highest BCUT2D eigenvalue weighted by Gasteiger charge is 1.99. The molecule has 0 amide bonds. The zero-order chi connectivity index (χ0) is 8.27. The first-order chi connectivity index (χ1) is 5.24. The molecule has 0 spiro atoms. The predicted molar refractivity (Wildman–Crippen MR) is 51.5 cm³/mol. The van der Waals surface area contributed by atoms with E-state index >= 15 is 0 Å². The van der Waals surface area contributed by atoms with Gasteiger partial charge in [-0.2, -0.15) is 5.26 Å². The molecule has 1 aromatic rings. The van der Waals surface area contributed by atoms with E-state index < -0.39 is 0 Å². The van der Waals surface area contributed by atoms with Crippen molar-refractivity contribution in [3.8, 4) is 6.07 Å². The van der Waals surface area contributed by atoms with Crippen LogP contribution in [0.15, 0.2) is 21.3 Å². The van der Waals surface area contributed by atoms with Crippen LogP contribution in [-0.2, 0) is 0 Å². The van der Waals surface area contributed by atoms with E-state index in [0.717, 1.165) is 9.35 Å². The molecular formula is C7H3BrClNS. The summed E-state index contributed by atoms with van der Waals surface area (Å²) in [6, 6.07) is 3.75. The molecule has 1 rings (SSSR count). The minimum atomic E-state index is 0.481. The molecule has 0 aliphatic rings. The van der Waals surface area contributed by atoms with Crippen LogP contribution in [-0.4, -0.2) is 0 Å². The van der Waals surface area contributed by atoms with Crippen LogP contribution < -0.4 is 0 Å². The van der Waals surface area contributed by atoms with E-state index in [9.17, 15) is 0 Å². The summed E-state index contributed by atoms with van der Waals surface area (Å²) in [6.07, 6.45) is 1.32. The smallest absolute Gasteiger partial charge is 0.0927 e. The van der Waals surface area contributed by atoms with Crippen LogP contribution in [0, 0.1) is 11.3 Å². The van der Waals surface area contributed by atoms with Gasteiger partial charge in [-0.15, -0.1) is 11.3 Å². The number of hydrogen-bond donors (Lipinski definition) is 0. The largest absolute Gasteiger partial charge is 0.193 e. The van der Waals surface area contributed by atoms with Crippen molar-refractivity contribution in [2.75, 3.05) is 0 Å². The first-order valence-electron chi connectivity index (χ1n) is 2.73. The van der Waals surface area contributed by atoms with Crippen molar-refractivity contribution in [1.82, 2.24) is 0 Å². The molecule has 0 atom stereocenters. The first kappa shape index (κ1) is 8.79. The second-order valence-electron chi connectivity index (χ2n) is 1.76. The molecule has 0 bridgehead atoms. The van der Waals surface area contributed by atoms with Crippen LogP contribution in [0.5, 0.6) is 0 Å². The van der Waals surface area contributed by atoms with Gasteiger partial charge in [-0.1, -0.05) is 11.6 Å². The van der Waals surface area contributed by atoms with Gasteiger partial charge in [-0.25, -0.2) is 0 Å². The van der Waals surface area contributed by atoms with E-state index in [2.05, 4.69) is 15.9 Å². The lowest BCUT2D eigenvalue weighted by molar-refractivity contribution is 1.54. The van der Waals surface area contributed by atoms with Gasteiger partial charge < -0.3 is 0 Å². The van der Waals surface area contributed by atoms with Gasteiger partial charge in [0.25, 0.3) is 0 Å². The first-order valence-corrected chi connectivity index (χ1v) is 4.79. The second-order valence-corrected chi connectivity index (χ2v) is 4.46. The third-order valence-corrected chi connectivity index (χ3v) is 2.87. The van der Waals surface area contributed by atoms with Gasteiger partial charge in [0, 0.05) is 17.0 Å². The molecule has 0 aromatic carbocycles. The van der Waals surface area contributed by atoms with Gasteiger partial charge in [0.05, 0.1) is 14.9 Å². The van der Waals surface area contributed by atoms with Gasteiger partial charge in [0.15, 0.2) is 0 Å². The van der Waals surface area contributed by atoms with Crippen LogP contribution >= 0.6 is 38.9 Å². The summed E-state index contributed by atoms with van der Waals surface area (Å²) in [6.45, 7) is 0. The Balaban J connectivity index is 2.95. The summed E-state index contributed by atoms with van der Waals surface area (Å²) in [4.78, 5) is 0. The molecule has 0 fully saturated rings. The number of rotatable bonds is 1. The molecular weight excluding hydrogens is 246 g/mol. The number of allylic oxidation sites excluding steroid dienone is 1. The van der Waals surface area contributed by atoms with Crippen molar-refractivity contribution < 1.29 is 0 Å². The summed E-state index contributed by atoms with van der Waals surface area (Å²) in [5.41, 5.74) is 0.880. The molecule has 0 unspecified atom stereocenters. The molecule has 1 heterocycles. The van der Waals surface area contributed by atoms with Crippen LogP contribution in [0.2, 0.25) is 0 Å². The number of thiophene rings is 1. The maximum Gasteiger partial charge on any atom is 0.0927 e. The Hall–Kier alpha value is -0.300. The van der Waals surface area contributed by atoms with Gasteiger partial charge in [0.1, 0.15) is 0 Å². The number of halogens is 2. The summed E-state index contributed by atoms with van der Waals surface area (Å²) in [5.74, 6) is 0. The third kappa shape index (κ3) is 2.33. The molecule has 1 aromatic heterocycles. The van der Waals surface area contributed by atoms with Gasteiger partial charge >= 0.3 is 0 Å². The van der Waals surface area contributed by atoms with E-state index in [0.29, 0.717) is 5.03 Å². The van der Waals surface area contributed by atoms with Gasteiger partial charge in [0.2, 0.25) is 0 Å². The van der Waals surface area contributed by atoms with Crippen LogP contribution in [0.1, 0.15) is 5.56 Å². The van der Waals surface area contributed by atoms with Crippen molar-refractivity contribution in [2.24, 2.45) is 0 Å². The Labute approximate surface area is 82.0 Å². The monoisotopic (exact) mass is 247 g/mol. The van der Waals surface area contributed by atoms with Crippen molar-refractivity contribution >= 4 is 43.9 Å². The zero-order valence-electron chi connectivity index (χ0n) is 5.34. The Morgan fingerprint density at radius 3 is 3.00 bits per heavy atom. The lowest BCUT2D eigenvalue weighted by atomic mass is 10.3. The SMILES string of the molecule is N#CC=C(Cl)c1csc(Br)c1. The van der Waals surface area contributed by atoms with Crippen molar-refractivity contribution in [3.05, 3.63) is 26.9 Å². The maximum atomic E-state index is 8.29. The fourth-order valence-electron chi connectivity index (χ4n) is 0.575. The minimum Gasteiger partial charge on any atom is -0.193 e. The van der Waals surface area contributed by atoms with Gasteiger partial charge in [-0.05, 0) is 22.0 Å².